The summed E-state index contributed by atoms with van der Waals surface area (Å²) in [6.07, 6.45) is 6.77. The van der Waals surface area contributed by atoms with E-state index in [1.54, 1.807) is 6.07 Å². The van der Waals surface area contributed by atoms with E-state index in [0.29, 0.717) is 21.6 Å². The fourth-order valence-corrected chi connectivity index (χ4v) is 2.78. The van der Waals surface area contributed by atoms with Crippen molar-refractivity contribution >= 4 is 23.4 Å². The van der Waals surface area contributed by atoms with E-state index in [9.17, 15) is 0 Å². The quantitative estimate of drug-likeness (QED) is 0.474. The molecule has 0 atom stereocenters. The maximum absolute atomic E-state index is 5.95. The zero-order valence-electron chi connectivity index (χ0n) is 11.1. The molecule has 0 bridgehead atoms. The predicted molar refractivity (Wildman–Crippen MR) is 75.5 cm³/mol. The highest BCUT2D eigenvalue weighted by Gasteiger charge is 2.28. The van der Waals surface area contributed by atoms with Gasteiger partial charge < -0.3 is 4.74 Å². The highest BCUT2D eigenvalue weighted by atomic mass is 35.5. The van der Waals surface area contributed by atoms with E-state index in [-0.39, 0.29) is 6.10 Å². The van der Waals surface area contributed by atoms with Crippen molar-refractivity contribution in [3.8, 4) is 5.88 Å². The lowest BCUT2D eigenvalue weighted by molar-refractivity contribution is 0.0941. The standard InChI is InChI=1S/C13H19ClN2OS/c1-13(2)6-4-9(5-7-13)17-11-8-10(14)15-12(16-11)18-3/h8-9H,4-7H2,1-3H3. The molecule has 18 heavy (non-hydrogen) atoms. The van der Waals surface area contributed by atoms with Gasteiger partial charge in [0.2, 0.25) is 5.88 Å². The molecule has 1 aromatic heterocycles. The van der Waals surface area contributed by atoms with Crippen LogP contribution in [0.15, 0.2) is 11.2 Å². The van der Waals surface area contributed by atoms with Gasteiger partial charge in [-0.05, 0) is 37.4 Å². The Morgan fingerprint density at radius 3 is 2.61 bits per heavy atom. The van der Waals surface area contributed by atoms with Gasteiger partial charge in [-0.15, -0.1) is 0 Å². The first-order valence-electron chi connectivity index (χ1n) is 6.24. The van der Waals surface area contributed by atoms with Gasteiger partial charge in [-0.25, -0.2) is 4.98 Å². The summed E-state index contributed by atoms with van der Waals surface area (Å²) in [6, 6.07) is 1.70. The molecule has 100 valence electrons. The molecular formula is C13H19ClN2OS. The van der Waals surface area contributed by atoms with Crippen LogP contribution in [0.5, 0.6) is 5.88 Å². The van der Waals surface area contributed by atoms with Gasteiger partial charge in [0.15, 0.2) is 5.16 Å². The van der Waals surface area contributed by atoms with Crippen LogP contribution in [0, 0.1) is 5.41 Å². The molecule has 0 N–H and O–H groups in total. The minimum atomic E-state index is 0.263. The zero-order valence-corrected chi connectivity index (χ0v) is 12.6. The third-order valence-corrected chi connectivity index (χ3v) is 4.15. The second kappa shape index (κ2) is 5.66. The number of rotatable bonds is 3. The van der Waals surface area contributed by atoms with Crippen molar-refractivity contribution in [2.75, 3.05) is 6.26 Å². The SMILES string of the molecule is CSc1nc(Cl)cc(OC2CCC(C)(C)CC2)n1. The van der Waals surface area contributed by atoms with Crippen LogP contribution in [0.2, 0.25) is 5.15 Å². The summed E-state index contributed by atoms with van der Waals surface area (Å²) in [7, 11) is 0. The van der Waals surface area contributed by atoms with Crippen molar-refractivity contribution in [2.45, 2.75) is 50.8 Å². The summed E-state index contributed by atoms with van der Waals surface area (Å²) in [5.74, 6) is 0.601. The fourth-order valence-electron chi connectivity index (χ4n) is 2.19. The van der Waals surface area contributed by atoms with Gasteiger partial charge in [-0.1, -0.05) is 37.2 Å². The van der Waals surface area contributed by atoms with E-state index in [2.05, 4.69) is 23.8 Å². The van der Waals surface area contributed by atoms with E-state index in [0.717, 1.165) is 12.8 Å². The van der Waals surface area contributed by atoms with Gasteiger partial charge >= 0.3 is 0 Å². The second-order valence-electron chi connectivity index (χ2n) is 5.50. The van der Waals surface area contributed by atoms with Crippen LogP contribution >= 0.6 is 23.4 Å². The summed E-state index contributed by atoms with van der Waals surface area (Å²) < 4.78 is 5.92. The largest absolute Gasteiger partial charge is 0.474 e. The molecule has 1 aromatic rings. The molecule has 0 amide bonds. The highest BCUT2D eigenvalue weighted by molar-refractivity contribution is 7.98. The number of hydrogen-bond acceptors (Lipinski definition) is 4. The first-order valence-corrected chi connectivity index (χ1v) is 7.84. The van der Waals surface area contributed by atoms with Crippen LogP contribution in [0.1, 0.15) is 39.5 Å². The molecule has 1 aliphatic rings. The van der Waals surface area contributed by atoms with E-state index in [4.69, 9.17) is 16.3 Å². The molecule has 0 aromatic carbocycles. The first kappa shape index (κ1) is 13.9. The number of hydrogen-bond donors (Lipinski definition) is 0. The van der Waals surface area contributed by atoms with Gasteiger partial charge in [0.25, 0.3) is 0 Å². The average molecular weight is 287 g/mol. The maximum Gasteiger partial charge on any atom is 0.219 e. The van der Waals surface area contributed by atoms with E-state index in [1.165, 1.54) is 24.6 Å². The minimum absolute atomic E-state index is 0.263. The molecule has 1 aliphatic carbocycles. The number of halogens is 1. The van der Waals surface area contributed by atoms with Gasteiger partial charge in [0.05, 0.1) is 0 Å². The Labute approximate surface area is 118 Å². The Morgan fingerprint density at radius 1 is 1.33 bits per heavy atom. The van der Waals surface area contributed by atoms with Crippen LogP contribution in [0.4, 0.5) is 0 Å². The van der Waals surface area contributed by atoms with Gasteiger partial charge in [-0.2, -0.15) is 4.98 Å². The summed E-state index contributed by atoms with van der Waals surface area (Å²) in [4.78, 5) is 8.43. The number of thioether (sulfide) groups is 1. The molecule has 0 spiro atoms. The smallest absolute Gasteiger partial charge is 0.219 e. The normalized spacial score (nSPS) is 19.8. The first-order chi connectivity index (χ1) is 8.48. The second-order valence-corrected chi connectivity index (χ2v) is 6.66. The number of ether oxygens (including phenoxy) is 1. The molecule has 0 radical (unpaired) electrons. The number of nitrogens with zero attached hydrogens (tertiary/aromatic N) is 2. The van der Waals surface area contributed by atoms with Crippen molar-refractivity contribution in [1.29, 1.82) is 0 Å². The highest BCUT2D eigenvalue weighted by Crippen LogP contribution is 2.36. The van der Waals surface area contributed by atoms with Crippen LogP contribution in [0.3, 0.4) is 0 Å². The third kappa shape index (κ3) is 3.75. The van der Waals surface area contributed by atoms with E-state index >= 15 is 0 Å². The molecule has 1 heterocycles. The Kier molecular flexibility index (Phi) is 4.38. The Morgan fingerprint density at radius 2 is 2.00 bits per heavy atom. The Hall–Kier alpha value is -0.480. The lowest BCUT2D eigenvalue weighted by atomic mass is 9.76. The minimum Gasteiger partial charge on any atom is -0.474 e. The molecule has 0 saturated heterocycles. The van der Waals surface area contributed by atoms with Crippen molar-refractivity contribution in [1.82, 2.24) is 9.97 Å². The average Bonchev–Trinajstić information content (AvgIpc) is 2.31. The van der Waals surface area contributed by atoms with Crippen molar-refractivity contribution in [3.63, 3.8) is 0 Å². The fraction of sp³-hybridized carbons (Fsp3) is 0.692. The molecule has 0 unspecified atom stereocenters. The van der Waals surface area contributed by atoms with Crippen molar-refractivity contribution in [3.05, 3.63) is 11.2 Å². The molecule has 5 heteroatoms. The molecular weight excluding hydrogens is 268 g/mol. The maximum atomic E-state index is 5.95. The number of aromatic nitrogens is 2. The third-order valence-electron chi connectivity index (χ3n) is 3.41. The van der Waals surface area contributed by atoms with Gasteiger partial charge in [-0.3, -0.25) is 0 Å². The summed E-state index contributed by atoms with van der Waals surface area (Å²) in [5, 5.41) is 1.11. The molecule has 3 nitrogen and oxygen atoms in total. The van der Waals surface area contributed by atoms with Gasteiger partial charge in [0.1, 0.15) is 11.3 Å². The van der Waals surface area contributed by atoms with Crippen molar-refractivity contribution in [2.24, 2.45) is 5.41 Å². The van der Waals surface area contributed by atoms with Crippen molar-refractivity contribution < 1.29 is 4.74 Å². The summed E-state index contributed by atoms with van der Waals surface area (Å²) in [6.45, 7) is 4.63. The molecule has 2 rings (SSSR count). The molecule has 1 saturated carbocycles. The van der Waals surface area contributed by atoms with Crippen LogP contribution in [0.25, 0.3) is 0 Å². The Balaban J connectivity index is 2.00. The topological polar surface area (TPSA) is 35.0 Å². The zero-order chi connectivity index (χ0) is 13.2. The summed E-state index contributed by atoms with van der Waals surface area (Å²) in [5.41, 5.74) is 0.452. The van der Waals surface area contributed by atoms with Gasteiger partial charge in [0, 0.05) is 6.07 Å². The van der Waals surface area contributed by atoms with Crippen LogP contribution in [-0.4, -0.2) is 22.3 Å². The van der Waals surface area contributed by atoms with Crippen LogP contribution < -0.4 is 4.74 Å². The van der Waals surface area contributed by atoms with E-state index < -0.39 is 0 Å². The lowest BCUT2D eigenvalue weighted by Gasteiger charge is -2.34. The Bertz CT molecular complexity index is 415. The summed E-state index contributed by atoms with van der Waals surface area (Å²) >= 11 is 7.42. The monoisotopic (exact) mass is 286 g/mol. The lowest BCUT2D eigenvalue weighted by Crippen LogP contribution is -2.28. The molecule has 1 fully saturated rings. The molecule has 0 aliphatic heterocycles. The predicted octanol–water partition coefficient (Wildman–Crippen LogP) is 4.20. The van der Waals surface area contributed by atoms with Crippen LogP contribution in [-0.2, 0) is 0 Å². The van der Waals surface area contributed by atoms with E-state index in [1.807, 2.05) is 6.26 Å².